The molecule has 1 saturated heterocycles. The van der Waals surface area contributed by atoms with E-state index < -0.39 is 10.0 Å². The zero-order valence-corrected chi connectivity index (χ0v) is 13.8. The lowest BCUT2D eigenvalue weighted by Crippen LogP contribution is -2.29. The van der Waals surface area contributed by atoms with Gasteiger partial charge in [-0.1, -0.05) is 0 Å². The Balaban J connectivity index is 2.05. The highest BCUT2D eigenvalue weighted by Crippen LogP contribution is 2.27. The molecule has 0 bridgehead atoms. The first kappa shape index (κ1) is 15.4. The summed E-state index contributed by atoms with van der Waals surface area (Å²) in [7, 11) is -1.73. The molecule has 1 atom stereocenters. The van der Waals surface area contributed by atoms with Crippen LogP contribution in [0.2, 0.25) is 0 Å². The minimum absolute atomic E-state index is 0.170. The molecule has 0 spiro atoms. The summed E-state index contributed by atoms with van der Waals surface area (Å²) in [5.74, 6) is 3.17. The maximum absolute atomic E-state index is 12.2. The summed E-state index contributed by atoms with van der Waals surface area (Å²) < 4.78 is 32.7. The average Bonchev–Trinajstić information content (AvgIpc) is 2.97. The predicted molar refractivity (Wildman–Crippen MR) is 79.8 cm³/mol. The van der Waals surface area contributed by atoms with Crippen molar-refractivity contribution in [1.29, 1.82) is 0 Å². The Morgan fingerprint density at radius 2 is 2.37 bits per heavy atom. The molecular weight excluding hydrogens is 352 g/mol. The standard InChI is InChI=1S/C11H17BrN2O3S2/c1-13-6-9-4-10(11(12)17-9)19(15,16)14-5-8-2-3-18-7-8/h4,8,13-14H,2-3,5-7H2,1H3. The fourth-order valence-corrected chi connectivity index (χ4v) is 5.29. The van der Waals surface area contributed by atoms with Gasteiger partial charge in [-0.3, -0.25) is 0 Å². The largest absolute Gasteiger partial charge is 0.452 e. The van der Waals surface area contributed by atoms with Crippen molar-refractivity contribution in [3.05, 3.63) is 16.5 Å². The van der Waals surface area contributed by atoms with E-state index in [-0.39, 0.29) is 9.56 Å². The van der Waals surface area contributed by atoms with E-state index in [9.17, 15) is 8.42 Å². The molecule has 0 aliphatic carbocycles. The maximum Gasteiger partial charge on any atom is 0.244 e. The van der Waals surface area contributed by atoms with Crippen LogP contribution in [0.5, 0.6) is 0 Å². The first-order chi connectivity index (χ1) is 9.03. The van der Waals surface area contributed by atoms with Crippen LogP contribution in [-0.4, -0.2) is 33.5 Å². The number of rotatable bonds is 6. The SMILES string of the molecule is CNCc1cc(S(=O)(=O)NCC2CCSC2)c(Br)o1. The summed E-state index contributed by atoms with van der Waals surface area (Å²) in [5.41, 5.74) is 0. The molecule has 1 fully saturated rings. The fourth-order valence-electron chi connectivity index (χ4n) is 1.89. The molecule has 2 N–H and O–H groups in total. The third-order valence-corrected chi connectivity index (χ3v) is 6.45. The van der Waals surface area contributed by atoms with Crippen LogP contribution >= 0.6 is 27.7 Å². The minimum atomic E-state index is -3.50. The Hall–Kier alpha value is -0.0200. The zero-order chi connectivity index (χ0) is 13.9. The van der Waals surface area contributed by atoms with Crippen LogP contribution < -0.4 is 10.0 Å². The minimum Gasteiger partial charge on any atom is -0.452 e. The second-order valence-corrected chi connectivity index (χ2v) is 8.07. The molecule has 0 amide bonds. The van der Waals surface area contributed by atoms with Gasteiger partial charge in [-0.2, -0.15) is 11.8 Å². The highest BCUT2D eigenvalue weighted by molar-refractivity contribution is 9.10. The molecule has 108 valence electrons. The lowest BCUT2D eigenvalue weighted by atomic mass is 10.1. The second kappa shape index (κ2) is 6.62. The molecule has 1 unspecified atom stereocenters. The molecule has 1 aromatic rings. The van der Waals surface area contributed by atoms with Gasteiger partial charge in [0.25, 0.3) is 0 Å². The average molecular weight is 369 g/mol. The molecule has 2 rings (SSSR count). The topological polar surface area (TPSA) is 71.3 Å². The molecule has 19 heavy (non-hydrogen) atoms. The first-order valence-corrected chi connectivity index (χ1v) is 9.46. The van der Waals surface area contributed by atoms with Gasteiger partial charge in [-0.25, -0.2) is 13.1 Å². The van der Waals surface area contributed by atoms with E-state index in [0.717, 1.165) is 17.9 Å². The van der Waals surface area contributed by atoms with E-state index in [0.29, 0.717) is 24.8 Å². The van der Waals surface area contributed by atoms with E-state index >= 15 is 0 Å². The third-order valence-electron chi connectivity index (χ3n) is 2.93. The number of hydrogen-bond donors (Lipinski definition) is 2. The Labute approximate surface area is 126 Å². The van der Waals surface area contributed by atoms with E-state index in [2.05, 4.69) is 26.0 Å². The lowest BCUT2D eigenvalue weighted by Gasteiger charge is -2.09. The molecule has 1 aliphatic heterocycles. The van der Waals surface area contributed by atoms with Gasteiger partial charge in [0.15, 0.2) is 4.67 Å². The second-order valence-electron chi connectivity index (χ2n) is 4.46. The number of halogens is 1. The van der Waals surface area contributed by atoms with Gasteiger partial charge in [0.1, 0.15) is 10.7 Å². The van der Waals surface area contributed by atoms with Crippen LogP contribution in [0, 0.1) is 5.92 Å². The van der Waals surface area contributed by atoms with Crippen LogP contribution in [0.25, 0.3) is 0 Å². The lowest BCUT2D eigenvalue weighted by molar-refractivity contribution is 0.469. The van der Waals surface area contributed by atoms with E-state index in [1.807, 2.05) is 11.8 Å². The van der Waals surface area contributed by atoms with Crippen molar-refractivity contribution in [3.8, 4) is 0 Å². The number of thioether (sulfide) groups is 1. The fraction of sp³-hybridized carbons (Fsp3) is 0.636. The molecule has 2 heterocycles. The van der Waals surface area contributed by atoms with Crippen molar-refractivity contribution in [3.63, 3.8) is 0 Å². The van der Waals surface area contributed by atoms with Crippen LogP contribution in [0.4, 0.5) is 0 Å². The van der Waals surface area contributed by atoms with Gasteiger partial charge in [-0.15, -0.1) is 0 Å². The summed E-state index contributed by atoms with van der Waals surface area (Å²) in [5, 5.41) is 2.92. The molecule has 1 aliphatic rings. The van der Waals surface area contributed by atoms with E-state index in [4.69, 9.17) is 4.42 Å². The third kappa shape index (κ3) is 3.98. The molecular formula is C11H17BrN2O3S2. The van der Waals surface area contributed by atoms with Crippen molar-refractivity contribution in [1.82, 2.24) is 10.0 Å². The maximum atomic E-state index is 12.2. The van der Waals surface area contributed by atoms with Crippen molar-refractivity contribution >= 4 is 37.7 Å². The van der Waals surface area contributed by atoms with Crippen LogP contribution in [-0.2, 0) is 16.6 Å². The summed E-state index contributed by atoms with van der Waals surface area (Å²) in [6.45, 7) is 0.988. The van der Waals surface area contributed by atoms with Crippen molar-refractivity contribution in [2.24, 2.45) is 5.92 Å². The first-order valence-electron chi connectivity index (χ1n) is 6.03. The smallest absolute Gasteiger partial charge is 0.244 e. The Kier molecular flexibility index (Phi) is 5.36. The quantitative estimate of drug-likeness (QED) is 0.800. The number of furan rings is 1. The molecule has 8 heteroatoms. The van der Waals surface area contributed by atoms with Crippen LogP contribution in [0.1, 0.15) is 12.2 Å². The molecule has 0 radical (unpaired) electrons. The number of sulfonamides is 1. The summed E-state index contributed by atoms with van der Waals surface area (Å²) in [4.78, 5) is 0.170. The summed E-state index contributed by atoms with van der Waals surface area (Å²) in [6.07, 6.45) is 1.07. The molecule has 0 aromatic carbocycles. The summed E-state index contributed by atoms with van der Waals surface area (Å²) in [6, 6.07) is 1.55. The van der Waals surface area contributed by atoms with Gasteiger partial charge in [0.2, 0.25) is 10.0 Å². The van der Waals surface area contributed by atoms with E-state index in [1.54, 1.807) is 13.1 Å². The van der Waals surface area contributed by atoms with Gasteiger partial charge in [0, 0.05) is 12.6 Å². The summed E-state index contributed by atoms with van der Waals surface area (Å²) >= 11 is 5.03. The Morgan fingerprint density at radius 3 is 3.00 bits per heavy atom. The van der Waals surface area contributed by atoms with Crippen molar-refractivity contribution < 1.29 is 12.8 Å². The van der Waals surface area contributed by atoms with Gasteiger partial charge >= 0.3 is 0 Å². The predicted octanol–water partition coefficient (Wildman–Crippen LogP) is 1.79. The number of hydrogen-bond acceptors (Lipinski definition) is 5. The van der Waals surface area contributed by atoms with E-state index in [1.165, 1.54) is 0 Å². The molecule has 0 saturated carbocycles. The van der Waals surface area contributed by atoms with Crippen molar-refractivity contribution in [2.75, 3.05) is 25.1 Å². The highest BCUT2D eigenvalue weighted by Gasteiger charge is 2.24. The van der Waals surface area contributed by atoms with Gasteiger partial charge in [0.05, 0.1) is 6.54 Å². The van der Waals surface area contributed by atoms with Gasteiger partial charge in [-0.05, 0) is 46.8 Å². The van der Waals surface area contributed by atoms with Gasteiger partial charge < -0.3 is 9.73 Å². The highest BCUT2D eigenvalue weighted by atomic mass is 79.9. The Morgan fingerprint density at radius 1 is 1.58 bits per heavy atom. The normalized spacial score (nSPS) is 20.0. The molecule has 5 nitrogen and oxygen atoms in total. The zero-order valence-electron chi connectivity index (χ0n) is 10.6. The monoisotopic (exact) mass is 368 g/mol. The Bertz CT molecular complexity index is 524. The van der Waals surface area contributed by atoms with Crippen LogP contribution in [0.15, 0.2) is 20.0 Å². The van der Waals surface area contributed by atoms with Crippen LogP contribution in [0.3, 0.4) is 0 Å². The number of nitrogens with one attached hydrogen (secondary N) is 2. The van der Waals surface area contributed by atoms with Crippen molar-refractivity contribution in [2.45, 2.75) is 17.9 Å². The molecule has 1 aromatic heterocycles.